The smallest absolute Gasteiger partial charge is 0.157 e. The highest BCUT2D eigenvalue weighted by Gasteiger charge is 2.33. The van der Waals surface area contributed by atoms with Crippen molar-refractivity contribution in [2.24, 2.45) is 4.99 Å². The molecule has 0 radical (unpaired) electrons. The maximum Gasteiger partial charge on any atom is 0.157 e. The lowest BCUT2D eigenvalue weighted by Crippen LogP contribution is -2.22. The summed E-state index contributed by atoms with van der Waals surface area (Å²) in [5.74, 6) is 0. The highest BCUT2D eigenvalue weighted by atomic mass is 79.9. The van der Waals surface area contributed by atoms with E-state index in [0.717, 1.165) is 14.1 Å². The zero-order chi connectivity index (χ0) is 14.8. The predicted molar refractivity (Wildman–Crippen MR) is 97.9 cm³/mol. The van der Waals surface area contributed by atoms with E-state index in [4.69, 9.17) is 4.99 Å². The van der Waals surface area contributed by atoms with Crippen LogP contribution >= 0.6 is 43.6 Å². The second-order valence-electron chi connectivity index (χ2n) is 4.75. The molecule has 1 N–H and O–H groups in total. The molecule has 3 rings (SSSR count). The standard InChI is InChI=1S/C16H14Br2N2S/c1-21-16-19-14(10-6-2-4-8-12(10)17)15(20-16)11-7-3-5-9-13(11)18/h2-9,14-15H,1H3,(H,19,20)/t14-,15+. The molecule has 1 aliphatic heterocycles. The van der Waals surface area contributed by atoms with Gasteiger partial charge in [0.25, 0.3) is 0 Å². The van der Waals surface area contributed by atoms with E-state index < -0.39 is 0 Å². The van der Waals surface area contributed by atoms with E-state index in [0.29, 0.717) is 0 Å². The number of hydrogen-bond donors (Lipinski definition) is 1. The Morgan fingerprint density at radius 1 is 0.952 bits per heavy atom. The molecule has 2 atom stereocenters. The number of benzene rings is 2. The van der Waals surface area contributed by atoms with Gasteiger partial charge in [-0.05, 0) is 29.5 Å². The summed E-state index contributed by atoms with van der Waals surface area (Å²) in [6.45, 7) is 0. The first kappa shape index (κ1) is 15.1. The highest BCUT2D eigenvalue weighted by Crippen LogP contribution is 2.42. The molecule has 0 saturated carbocycles. The van der Waals surface area contributed by atoms with Gasteiger partial charge in [0, 0.05) is 8.95 Å². The van der Waals surface area contributed by atoms with Crippen LogP contribution in [0, 0.1) is 0 Å². The molecule has 21 heavy (non-hydrogen) atoms. The molecule has 0 amide bonds. The van der Waals surface area contributed by atoms with Crippen LogP contribution < -0.4 is 5.32 Å². The van der Waals surface area contributed by atoms with Crippen LogP contribution in [0.4, 0.5) is 0 Å². The highest BCUT2D eigenvalue weighted by molar-refractivity contribution is 9.10. The Labute approximate surface area is 145 Å². The second-order valence-corrected chi connectivity index (χ2v) is 7.25. The third-order valence-electron chi connectivity index (χ3n) is 3.51. The van der Waals surface area contributed by atoms with Crippen LogP contribution in [0.2, 0.25) is 0 Å². The van der Waals surface area contributed by atoms with Gasteiger partial charge >= 0.3 is 0 Å². The zero-order valence-electron chi connectivity index (χ0n) is 11.4. The Balaban J connectivity index is 2.05. The minimum Gasteiger partial charge on any atom is -0.356 e. The molecule has 0 aliphatic carbocycles. The van der Waals surface area contributed by atoms with Gasteiger partial charge in [-0.2, -0.15) is 0 Å². The van der Waals surface area contributed by atoms with Crippen LogP contribution in [0.3, 0.4) is 0 Å². The Hall–Kier alpha value is -0.780. The molecule has 1 aliphatic rings. The summed E-state index contributed by atoms with van der Waals surface area (Å²) in [5, 5.41) is 4.52. The lowest BCUT2D eigenvalue weighted by atomic mass is 9.95. The van der Waals surface area contributed by atoms with Crippen molar-refractivity contribution >= 4 is 48.8 Å². The molecule has 2 aromatic carbocycles. The van der Waals surface area contributed by atoms with E-state index in [1.807, 2.05) is 18.4 Å². The van der Waals surface area contributed by atoms with Crippen molar-refractivity contribution in [1.82, 2.24) is 5.32 Å². The van der Waals surface area contributed by atoms with Crippen molar-refractivity contribution in [2.45, 2.75) is 12.1 Å². The molecule has 2 aromatic rings. The van der Waals surface area contributed by atoms with E-state index in [2.05, 4.69) is 73.6 Å². The van der Waals surface area contributed by atoms with E-state index >= 15 is 0 Å². The number of amidine groups is 1. The molecule has 0 saturated heterocycles. The Morgan fingerprint density at radius 2 is 1.52 bits per heavy atom. The average Bonchev–Trinajstić information content (AvgIpc) is 2.92. The maximum atomic E-state index is 4.85. The molecule has 0 unspecified atom stereocenters. The normalized spacial score (nSPS) is 21.0. The van der Waals surface area contributed by atoms with Gasteiger partial charge in [-0.3, -0.25) is 4.99 Å². The lowest BCUT2D eigenvalue weighted by Gasteiger charge is -2.21. The first-order valence-electron chi connectivity index (χ1n) is 6.58. The summed E-state index contributed by atoms with van der Waals surface area (Å²) in [6.07, 6.45) is 2.05. The molecular weight excluding hydrogens is 412 g/mol. The molecule has 0 fully saturated rings. The van der Waals surface area contributed by atoms with Crippen LogP contribution in [0.15, 0.2) is 62.5 Å². The largest absolute Gasteiger partial charge is 0.356 e. The third-order valence-corrected chi connectivity index (χ3v) is 5.56. The van der Waals surface area contributed by atoms with Gasteiger partial charge in [0.1, 0.15) is 6.04 Å². The molecule has 2 nitrogen and oxygen atoms in total. The first-order chi connectivity index (χ1) is 10.2. The zero-order valence-corrected chi connectivity index (χ0v) is 15.4. The number of thioether (sulfide) groups is 1. The molecule has 5 heteroatoms. The molecule has 0 aromatic heterocycles. The van der Waals surface area contributed by atoms with Crippen molar-refractivity contribution in [1.29, 1.82) is 0 Å². The van der Waals surface area contributed by atoms with Crippen molar-refractivity contribution in [3.63, 3.8) is 0 Å². The molecular formula is C16H14Br2N2S. The summed E-state index contributed by atoms with van der Waals surface area (Å²) in [7, 11) is 0. The Morgan fingerprint density at radius 3 is 2.10 bits per heavy atom. The fraction of sp³-hybridized carbons (Fsp3) is 0.188. The second kappa shape index (κ2) is 6.55. The van der Waals surface area contributed by atoms with Gasteiger partial charge in [-0.15, -0.1) is 0 Å². The van der Waals surface area contributed by atoms with Crippen LogP contribution in [0.5, 0.6) is 0 Å². The Bertz CT molecular complexity index is 687. The van der Waals surface area contributed by atoms with Crippen molar-refractivity contribution in [3.8, 4) is 0 Å². The average molecular weight is 426 g/mol. The summed E-state index contributed by atoms with van der Waals surface area (Å²) in [4.78, 5) is 4.85. The lowest BCUT2D eigenvalue weighted by molar-refractivity contribution is 0.569. The van der Waals surface area contributed by atoms with Crippen molar-refractivity contribution in [2.75, 3.05) is 6.26 Å². The van der Waals surface area contributed by atoms with Crippen LogP contribution in [-0.4, -0.2) is 11.4 Å². The fourth-order valence-corrected chi connectivity index (χ4v) is 4.02. The summed E-state index contributed by atoms with van der Waals surface area (Å²) in [5.41, 5.74) is 2.43. The quantitative estimate of drug-likeness (QED) is 0.704. The Kier molecular flexibility index (Phi) is 4.72. The van der Waals surface area contributed by atoms with Crippen molar-refractivity contribution < 1.29 is 0 Å². The van der Waals surface area contributed by atoms with Crippen LogP contribution in [0.1, 0.15) is 23.2 Å². The van der Waals surface area contributed by atoms with Crippen molar-refractivity contribution in [3.05, 3.63) is 68.6 Å². The predicted octanol–water partition coefficient (Wildman–Crippen LogP) is 5.32. The van der Waals surface area contributed by atoms with Crippen LogP contribution in [0.25, 0.3) is 0 Å². The monoisotopic (exact) mass is 424 g/mol. The number of nitrogens with one attached hydrogen (secondary N) is 1. The van der Waals surface area contributed by atoms with Crippen LogP contribution in [-0.2, 0) is 0 Å². The van der Waals surface area contributed by atoms with E-state index in [9.17, 15) is 0 Å². The van der Waals surface area contributed by atoms with Gasteiger partial charge in [0.05, 0.1) is 6.04 Å². The van der Waals surface area contributed by atoms with Gasteiger partial charge < -0.3 is 5.32 Å². The number of hydrogen-bond acceptors (Lipinski definition) is 3. The van der Waals surface area contributed by atoms with Gasteiger partial charge in [-0.25, -0.2) is 0 Å². The molecule has 1 heterocycles. The molecule has 0 spiro atoms. The SMILES string of the molecule is CSC1=N[C@H](c2ccccc2Br)[C@H](c2ccccc2Br)N1. The minimum atomic E-state index is 0.0710. The number of aliphatic imine (C=N–C) groups is 1. The van der Waals surface area contributed by atoms with Gasteiger partial charge in [0.2, 0.25) is 0 Å². The summed E-state index contributed by atoms with van der Waals surface area (Å²) in [6, 6.07) is 16.8. The topological polar surface area (TPSA) is 24.4 Å². The molecule has 0 bridgehead atoms. The van der Waals surface area contributed by atoms with E-state index in [1.165, 1.54) is 11.1 Å². The third kappa shape index (κ3) is 3.05. The fourth-order valence-electron chi connectivity index (χ4n) is 2.50. The summed E-state index contributed by atoms with van der Waals surface area (Å²) < 4.78 is 2.21. The van der Waals surface area contributed by atoms with E-state index in [1.54, 1.807) is 11.8 Å². The van der Waals surface area contributed by atoms with Gasteiger partial charge in [-0.1, -0.05) is 80.0 Å². The first-order valence-corrected chi connectivity index (χ1v) is 9.39. The molecule has 108 valence electrons. The maximum absolute atomic E-state index is 4.85. The van der Waals surface area contributed by atoms with E-state index in [-0.39, 0.29) is 12.1 Å². The minimum absolute atomic E-state index is 0.0710. The number of halogens is 2. The number of rotatable bonds is 2. The van der Waals surface area contributed by atoms with Gasteiger partial charge in [0.15, 0.2) is 5.17 Å². The number of nitrogens with zero attached hydrogens (tertiary/aromatic N) is 1. The summed E-state index contributed by atoms with van der Waals surface area (Å²) >= 11 is 8.96.